The van der Waals surface area contributed by atoms with Crippen molar-refractivity contribution in [1.29, 1.82) is 0 Å². The van der Waals surface area contributed by atoms with E-state index in [1.807, 2.05) is 30.3 Å². The van der Waals surface area contributed by atoms with Crippen molar-refractivity contribution in [2.75, 3.05) is 0 Å². The van der Waals surface area contributed by atoms with Crippen molar-refractivity contribution >= 4 is 12.4 Å². The van der Waals surface area contributed by atoms with E-state index in [2.05, 4.69) is 0 Å². The van der Waals surface area contributed by atoms with Crippen LogP contribution in [0.5, 0.6) is 0 Å². The second-order valence-corrected chi connectivity index (χ2v) is 3.77. The minimum absolute atomic E-state index is 0. The van der Waals surface area contributed by atoms with Crippen LogP contribution in [0.3, 0.4) is 0 Å². The zero-order chi connectivity index (χ0) is 6.53. The molecule has 0 saturated heterocycles. The van der Waals surface area contributed by atoms with E-state index < -0.39 is 17.6 Å². The Kier molecular flexibility index (Phi) is 5.86. The van der Waals surface area contributed by atoms with Crippen molar-refractivity contribution in [1.82, 2.24) is 0 Å². The molecule has 52 valence electrons. The van der Waals surface area contributed by atoms with Gasteiger partial charge >= 0.3 is 61.9 Å². The Hall–Kier alpha value is 0.0634. The van der Waals surface area contributed by atoms with Crippen molar-refractivity contribution in [3.05, 3.63) is 35.9 Å². The zero-order valence-corrected chi connectivity index (χ0v) is 9.37. The van der Waals surface area contributed by atoms with Crippen LogP contribution >= 0.6 is 12.4 Å². The van der Waals surface area contributed by atoms with Crippen molar-refractivity contribution in [3.8, 4) is 0 Å². The van der Waals surface area contributed by atoms with E-state index >= 15 is 0 Å². The summed E-state index contributed by atoms with van der Waals surface area (Å²) in [4.78, 5) is 0. The third-order valence-corrected chi connectivity index (χ3v) is 2.83. The molecule has 0 fully saturated rings. The average molecular weight is 212 g/mol. The Morgan fingerprint density at radius 2 is 1.80 bits per heavy atom. The molecular weight excluding hydrogens is 204 g/mol. The van der Waals surface area contributed by atoms with Crippen molar-refractivity contribution in [3.63, 3.8) is 0 Å². The molecule has 0 aliphatic heterocycles. The maximum absolute atomic E-state index is 11.9. The number of hydrogen-bond acceptors (Lipinski definition) is 0. The molecule has 0 saturated carbocycles. The maximum atomic E-state index is 11.9. The van der Waals surface area contributed by atoms with Gasteiger partial charge in [0.2, 0.25) is 0 Å². The Balaban J connectivity index is 0.000000810. The van der Waals surface area contributed by atoms with Crippen molar-refractivity contribution in [2.24, 2.45) is 0 Å². The molecule has 0 spiro atoms. The third kappa shape index (κ3) is 3.29. The molecule has 0 nitrogen and oxygen atoms in total. The summed E-state index contributed by atoms with van der Waals surface area (Å²) in [5.74, 6) is 0. The van der Waals surface area contributed by atoms with Gasteiger partial charge in [-0.15, -0.1) is 12.4 Å². The molecule has 1 aromatic rings. The topological polar surface area (TPSA) is 0 Å². The first-order chi connectivity index (χ1) is 4.43. The number of benzene rings is 1. The van der Waals surface area contributed by atoms with Crippen LogP contribution in [0.2, 0.25) is 0 Å². The van der Waals surface area contributed by atoms with Crippen molar-refractivity contribution < 1.29 is 20.9 Å². The fraction of sp³-hybridized carbons (Fsp3) is 0.143. The molecule has 0 aromatic heterocycles. The van der Waals surface area contributed by atoms with Crippen molar-refractivity contribution in [2.45, 2.75) is 5.02 Å². The number of rotatable bonds is 2. The molecule has 0 aliphatic rings. The molecule has 0 bridgehead atoms. The van der Waals surface area contributed by atoms with Crippen LogP contribution in [0.1, 0.15) is 5.56 Å². The normalized spacial score (nSPS) is 7.70. The first-order valence-corrected chi connectivity index (χ1v) is 6.25. The van der Waals surface area contributed by atoms with Crippen LogP contribution in [-0.2, 0) is 22.6 Å². The van der Waals surface area contributed by atoms with E-state index in [0.29, 0.717) is 0 Å². The standard InChI is InChI=1S/C7H7.ClH.FH.Zn/c1-7-5-3-2-4-6-7;;;/h2-6H,1H2;2*1H;/q;;;+1/p-1. The molecule has 0 aliphatic carbocycles. The van der Waals surface area contributed by atoms with Gasteiger partial charge in [0.15, 0.2) is 0 Å². The Morgan fingerprint density at radius 3 is 2.30 bits per heavy atom. The quantitative estimate of drug-likeness (QED) is 0.661. The third-order valence-electron chi connectivity index (χ3n) is 1.23. The molecule has 1 rings (SSSR count). The summed E-state index contributed by atoms with van der Waals surface area (Å²) in [6, 6.07) is 9.81. The minimum atomic E-state index is -1.64. The van der Waals surface area contributed by atoms with Gasteiger partial charge in [-0.1, -0.05) is 0 Å². The van der Waals surface area contributed by atoms with Gasteiger partial charge in [-0.25, -0.2) is 0 Å². The summed E-state index contributed by atoms with van der Waals surface area (Å²) in [5.41, 5.74) is 1.15. The second-order valence-electron chi connectivity index (χ2n) is 1.92. The summed E-state index contributed by atoms with van der Waals surface area (Å²) in [5, 5.41) is 0.730. The zero-order valence-electron chi connectivity index (χ0n) is 5.59. The Bertz CT molecular complexity index is 167. The SMILES string of the molecule is Cl.[F][Zn][CH2]c1ccccc1. The average Bonchev–Trinajstić information content (AvgIpc) is 1.91. The van der Waals surface area contributed by atoms with Crippen LogP contribution in [-0.4, -0.2) is 0 Å². The van der Waals surface area contributed by atoms with E-state index in [9.17, 15) is 3.32 Å². The molecule has 0 amide bonds. The predicted molar refractivity (Wildman–Crippen MR) is 38.5 cm³/mol. The van der Waals surface area contributed by atoms with Crippen LogP contribution in [0.15, 0.2) is 30.3 Å². The molecule has 3 heteroatoms. The summed E-state index contributed by atoms with van der Waals surface area (Å²) >= 11 is -1.64. The summed E-state index contributed by atoms with van der Waals surface area (Å²) in [6.45, 7) is 0. The Morgan fingerprint density at radius 1 is 1.20 bits per heavy atom. The van der Waals surface area contributed by atoms with E-state index in [1.165, 1.54) is 0 Å². The van der Waals surface area contributed by atoms with Crippen LogP contribution in [0.4, 0.5) is 3.32 Å². The Labute approximate surface area is 74.4 Å². The van der Waals surface area contributed by atoms with Gasteiger partial charge in [0.05, 0.1) is 0 Å². The molecule has 0 radical (unpaired) electrons. The monoisotopic (exact) mass is 210 g/mol. The summed E-state index contributed by atoms with van der Waals surface area (Å²) in [7, 11) is 0. The van der Waals surface area contributed by atoms with E-state index in [1.54, 1.807) is 0 Å². The van der Waals surface area contributed by atoms with Crippen LogP contribution < -0.4 is 0 Å². The first kappa shape index (κ1) is 10.1. The van der Waals surface area contributed by atoms with Crippen LogP contribution in [0, 0.1) is 0 Å². The van der Waals surface area contributed by atoms with E-state index in [0.717, 1.165) is 10.6 Å². The molecule has 0 heterocycles. The van der Waals surface area contributed by atoms with Crippen LogP contribution in [0.25, 0.3) is 0 Å². The van der Waals surface area contributed by atoms with Gasteiger partial charge in [0.25, 0.3) is 0 Å². The second kappa shape index (κ2) is 5.82. The number of hydrogen-bond donors (Lipinski definition) is 0. The molecular formula is C7H8ClFZn. The van der Waals surface area contributed by atoms with Gasteiger partial charge in [-0.05, 0) is 0 Å². The molecule has 10 heavy (non-hydrogen) atoms. The molecule has 1 aromatic carbocycles. The molecule has 0 unspecified atom stereocenters. The first-order valence-electron chi connectivity index (χ1n) is 3.03. The van der Waals surface area contributed by atoms with Gasteiger partial charge in [0, 0.05) is 0 Å². The number of halogens is 2. The molecule has 0 atom stereocenters. The fourth-order valence-corrected chi connectivity index (χ4v) is 1.91. The van der Waals surface area contributed by atoms with E-state index in [-0.39, 0.29) is 12.4 Å². The van der Waals surface area contributed by atoms with Gasteiger partial charge < -0.3 is 0 Å². The predicted octanol–water partition coefficient (Wildman–Crippen LogP) is 2.58. The summed E-state index contributed by atoms with van der Waals surface area (Å²) in [6.07, 6.45) is 0. The van der Waals surface area contributed by atoms with Gasteiger partial charge in [-0.3, -0.25) is 0 Å². The van der Waals surface area contributed by atoms with Gasteiger partial charge in [-0.2, -0.15) is 0 Å². The van der Waals surface area contributed by atoms with Gasteiger partial charge in [0.1, 0.15) is 0 Å². The fourth-order valence-electron chi connectivity index (χ4n) is 0.754. The molecule has 0 N–H and O–H groups in total. The summed E-state index contributed by atoms with van der Waals surface area (Å²) < 4.78 is 11.9. The van der Waals surface area contributed by atoms with E-state index in [4.69, 9.17) is 0 Å².